The van der Waals surface area contributed by atoms with Gasteiger partial charge in [-0.05, 0) is 0 Å². The van der Waals surface area contributed by atoms with Gasteiger partial charge in [0.15, 0.2) is 0 Å². The topological polar surface area (TPSA) is 48.2 Å². The number of hydrogen-bond donors (Lipinski definition) is 1. The molecule has 0 amide bonds. The quantitative estimate of drug-likeness (QED) is 0.405. The second-order valence-corrected chi connectivity index (χ2v) is 1.14. The second kappa shape index (κ2) is 3.70. The van der Waals surface area contributed by atoms with Gasteiger partial charge in [0, 0.05) is 14.1 Å². The van der Waals surface area contributed by atoms with Crippen molar-refractivity contribution in [2.75, 3.05) is 20.8 Å². The largest absolute Gasteiger partial charge is 0.312 e. The van der Waals surface area contributed by atoms with E-state index in [-0.39, 0.29) is 6.67 Å². The molecule has 7 heavy (non-hydrogen) atoms. The molecule has 0 bridgehead atoms. The second-order valence-electron chi connectivity index (χ2n) is 1.14. The maximum absolute atomic E-state index is 8.36. The van der Waals surface area contributed by atoms with E-state index in [9.17, 15) is 0 Å². The molecule has 4 nitrogen and oxygen atoms in total. The molecule has 0 aromatic heterocycles. The van der Waals surface area contributed by atoms with Gasteiger partial charge in [-0.1, -0.05) is 0 Å². The van der Waals surface area contributed by atoms with E-state index in [1.165, 1.54) is 7.05 Å². The smallest absolute Gasteiger partial charge is 0.135 e. The zero-order valence-corrected chi connectivity index (χ0v) is 4.50. The van der Waals surface area contributed by atoms with Crippen molar-refractivity contribution in [1.29, 1.82) is 0 Å². The van der Waals surface area contributed by atoms with Gasteiger partial charge in [0.2, 0.25) is 0 Å². The van der Waals surface area contributed by atoms with Crippen LogP contribution in [-0.4, -0.2) is 31.0 Å². The van der Waals surface area contributed by atoms with Gasteiger partial charge in [-0.25, -0.2) is 0 Å². The molecular formula is C3H9N3O. The third-order valence-electron chi connectivity index (χ3n) is 0.409. The van der Waals surface area contributed by atoms with Crippen LogP contribution in [-0.2, 0) is 0 Å². The van der Waals surface area contributed by atoms with Gasteiger partial charge in [-0.3, -0.25) is 0 Å². The van der Waals surface area contributed by atoms with Crippen LogP contribution in [0.5, 0.6) is 0 Å². The maximum atomic E-state index is 8.36. The summed E-state index contributed by atoms with van der Waals surface area (Å²) in [4.78, 5) is 0. The summed E-state index contributed by atoms with van der Waals surface area (Å²) in [5, 5.41) is 16.2. The van der Waals surface area contributed by atoms with Gasteiger partial charge in [0.05, 0.1) is 0 Å². The average molecular weight is 103 g/mol. The molecule has 4 heteroatoms. The fourth-order valence-corrected chi connectivity index (χ4v) is 0.155. The summed E-state index contributed by atoms with van der Waals surface area (Å²) in [5.74, 6) is 0. The molecule has 0 atom stereocenters. The molecule has 0 fully saturated rings. The van der Waals surface area contributed by atoms with Crippen LogP contribution in [0.3, 0.4) is 0 Å². The molecule has 0 spiro atoms. The number of hydroxylamine groups is 2. The molecule has 0 unspecified atom stereocenters. The van der Waals surface area contributed by atoms with Crippen molar-refractivity contribution in [2.24, 2.45) is 10.2 Å². The number of azo groups is 1. The van der Waals surface area contributed by atoms with E-state index >= 15 is 0 Å². The summed E-state index contributed by atoms with van der Waals surface area (Å²) < 4.78 is 0. The molecule has 0 rings (SSSR count). The molecule has 0 heterocycles. The van der Waals surface area contributed by atoms with Crippen molar-refractivity contribution in [3.8, 4) is 0 Å². The third kappa shape index (κ3) is 5.52. The lowest BCUT2D eigenvalue weighted by molar-refractivity contribution is -0.0631. The Morgan fingerprint density at radius 3 is 2.43 bits per heavy atom. The lowest BCUT2D eigenvalue weighted by atomic mass is 11.1. The first-order chi connectivity index (χ1) is 3.27. The minimum atomic E-state index is 0.247. The summed E-state index contributed by atoms with van der Waals surface area (Å²) in [5.41, 5.74) is 0. The first-order valence-electron chi connectivity index (χ1n) is 1.93. The summed E-state index contributed by atoms with van der Waals surface area (Å²) in [7, 11) is 3.07. The van der Waals surface area contributed by atoms with Crippen molar-refractivity contribution in [2.45, 2.75) is 0 Å². The molecule has 0 saturated carbocycles. The number of hydrogen-bond acceptors (Lipinski definition) is 4. The van der Waals surface area contributed by atoms with Crippen LogP contribution in [0.25, 0.3) is 0 Å². The van der Waals surface area contributed by atoms with E-state index in [0.717, 1.165) is 5.06 Å². The predicted octanol–water partition coefficient (Wildman–Crippen LogP) is 0.347. The van der Waals surface area contributed by atoms with Crippen LogP contribution in [0.1, 0.15) is 0 Å². The maximum Gasteiger partial charge on any atom is 0.135 e. The Morgan fingerprint density at radius 2 is 2.29 bits per heavy atom. The molecule has 0 radical (unpaired) electrons. The van der Waals surface area contributed by atoms with E-state index in [2.05, 4.69) is 10.2 Å². The standard InChI is InChI=1S/C3H9N3O/c1-4-5-3-6(2)7/h7H,3H2,1-2H3. The SMILES string of the molecule is CN=NCN(C)O. The molecule has 0 aromatic carbocycles. The summed E-state index contributed by atoms with van der Waals surface area (Å²) in [6.45, 7) is 0.247. The predicted molar refractivity (Wildman–Crippen MR) is 25.2 cm³/mol. The van der Waals surface area contributed by atoms with E-state index in [1.807, 2.05) is 0 Å². The van der Waals surface area contributed by atoms with Crippen LogP contribution < -0.4 is 0 Å². The minimum Gasteiger partial charge on any atom is -0.312 e. The van der Waals surface area contributed by atoms with E-state index in [0.29, 0.717) is 0 Å². The molecule has 0 aliphatic rings. The van der Waals surface area contributed by atoms with Crippen LogP contribution in [0.2, 0.25) is 0 Å². The summed E-state index contributed by atoms with van der Waals surface area (Å²) in [6.07, 6.45) is 0. The Labute approximate surface area is 42.4 Å². The van der Waals surface area contributed by atoms with E-state index < -0.39 is 0 Å². The zero-order valence-electron chi connectivity index (χ0n) is 4.50. The third-order valence-corrected chi connectivity index (χ3v) is 0.409. The van der Waals surface area contributed by atoms with Gasteiger partial charge in [0.25, 0.3) is 0 Å². The highest BCUT2D eigenvalue weighted by Crippen LogP contribution is 1.73. The minimum absolute atomic E-state index is 0.247. The average Bonchev–Trinajstić information content (AvgIpc) is 1.61. The van der Waals surface area contributed by atoms with E-state index in [1.54, 1.807) is 7.05 Å². The lowest BCUT2D eigenvalue weighted by Gasteiger charge is -1.98. The van der Waals surface area contributed by atoms with Crippen molar-refractivity contribution in [3.63, 3.8) is 0 Å². The summed E-state index contributed by atoms with van der Waals surface area (Å²) in [6, 6.07) is 0. The Kier molecular flexibility index (Phi) is 3.45. The Balaban J connectivity index is 2.97. The van der Waals surface area contributed by atoms with Crippen molar-refractivity contribution in [3.05, 3.63) is 0 Å². The van der Waals surface area contributed by atoms with Crippen LogP contribution in [0, 0.1) is 0 Å². The number of nitrogens with zero attached hydrogens (tertiary/aromatic N) is 3. The molecule has 1 N–H and O–H groups in total. The van der Waals surface area contributed by atoms with Crippen LogP contribution in [0.4, 0.5) is 0 Å². The van der Waals surface area contributed by atoms with Crippen LogP contribution in [0.15, 0.2) is 10.2 Å². The first kappa shape index (κ1) is 6.52. The molecule has 0 aromatic rings. The Bertz CT molecular complexity index is 61.2. The Morgan fingerprint density at radius 1 is 1.71 bits per heavy atom. The van der Waals surface area contributed by atoms with Gasteiger partial charge in [-0.15, -0.1) is 0 Å². The van der Waals surface area contributed by atoms with Gasteiger partial charge in [0.1, 0.15) is 6.67 Å². The molecule has 0 saturated heterocycles. The molecular weight excluding hydrogens is 94.1 g/mol. The van der Waals surface area contributed by atoms with Gasteiger partial charge >= 0.3 is 0 Å². The molecule has 42 valence electrons. The van der Waals surface area contributed by atoms with Crippen molar-refractivity contribution in [1.82, 2.24) is 5.06 Å². The van der Waals surface area contributed by atoms with E-state index in [4.69, 9.17) is 5.21 Å². The van der Waals surface area contributed by atoms with Gasteiger partial charge < -0.3 is 5.21 Å². The molecule has 0 aliphatic heterocycles. The summed E-state index contributed by atoms with van der Waals surface area (Å²) >= 11 is 0. The fraction of sp³-hybridized carbons (Fsp3) is 1.00. The molecule has 0 aliphatic carbocycles. The fourth-order valence-electron chi connectivity index (χ4n) is 0.155. The highest BCUT2D eigenvalue weighted by atomic mass is 16.5. The first-order valence-corrected chi connectivity index (χ1v) is 1.93. The van der Waals surface area contributed by atoms with Crippen molar-refractivity contribution >= 4 is 0 Å². The van der Waals surface area contributed by atoms with Gasteiger partial charge in [-0.2, -0.15) is 15.3 Å². The number of rotatable bonds is 2. The lowest BCUT2D eigenvalue weighted by Crippen LogP contribution is -2.11. The van der Waals surface area contributed by atoms with Crippen molar-refractivity contribution < 1.29 is 5.21 Å². The zero-order chi connectivity index (χ0) is 5.70. The highest BCUT2D eigenvalue weighted by molar-refractivity contribution is 4.22. The Hall–Kier alpha value is -0.480. The van der Waals surface area contributed by atoms with Crippen LogP contribution >= 0.6 is 0 Å². The normalized spacial score (nSPS) is 11.4. The highest BCUT2D eigenvalue weighted by Gasteiger charge is 1.81. The monoisotopic (exact) mass is 103 g/mol.